The van der Waals surface area contributed by atoms with E-state index in [1.807, 2.05) is 6.92 Å². The normalized spacial score (nSPS) is 28.6. The number of phenols is 1. The Labute approximate surface area is 158 Å². The van der Waals surface area contributed by atoms with E-state index in [-0.39, 0.29) is 30.1 Å². The molecule has 7 heteroatoms. The highest BCUT2D eigenvalue weighted by Crippen LogP contribution is 2.30. The molecule has 1 aromatic carbocycles. The van der Waals surface area contributed by atoms with E-state index in [0.29, 0.717) is 17.7 Å². The third-order valence-electron chi connectivity index (χ3n) is 4.95. The van der Waals surface area contributed by atoms with Crippen molar-refractivity contribution in [2.75, 3.05) is 12.4 Å². The van der Waals surface area contributed by atoms with Gasteiger partial charge in [0, 0.05) is 25.2 Å². The molecule has 148 valence electrons. The fraction of sp³-hybridized carbons (Fsp3) is 0.500. The molecule has 4 atom stereocenters. The molecule has 1 aliphatic heterocycles. The number of fused-ring (bicyclic) bond motifs is 1. The molecule has 0 saturated heterocycles. The number of hydrogen-bond donors (Lipinski definition) is 4. The zero-order valence-corrected chi connectivity index (χ0v) is 15.8. The maximum Gasteiger partial charge on any atom is 0.342 e. The zero-order valence-electron chi connectivity index (χ0n) is 15.8. The third kappa shape index (κ3) is 5.08. The quantitative estimate of drug-likeness (QED) is 0.554. The van der Waals surface area contributed by atoms with Gasteiger partial charge in [-0.15, -0.1) is 0 Å². The number of ketones is 1. The maximum absolute atomic E-state index is 12.6. The molecule has 0 bridgehead atoms. The Kier molecular flexibility index (Phi) is 6.98. The highest BCUT2D eigenvalue weighted by Gasteiger charge is 2.27. The van der Waals surface area contributed by atoms with Crippen LogP contribution < -0.4 is 5.32 Å². The summed E-state index contributed by atoms with van der Waals surface area (Å²) in [5.74, 6) is -1.44. The first-order valence-electron chi connectivity index (χ1n) is 9.05. The number of hydrogen-bond acceptors (Lipinski definition) is 7. The summed E-state index contributed by atoms with van der Waals surface area (Å²) in [6.45, 7) is 3.56. The Morgan fingerprint density at radius 3 is 2.56 bits per heavy atom. The second-order valence-corrected chi connectivity index (χ2v) is 6.95. The molecule has 4 N–H and O–H groups in total. The van der Waals surface area contributed by atoms with Crippen molar-refractivity contribution in [1.29, 1.82) is 0 Å². The first-order chi connectivity index (χ1) is 12.7. The first kappa shape index (κ1) is 20.9. The second-order valence-electron chi connectivity index (χ2n) is 6.95. The van der Waals surface area contributed by atoms with Crippen molar-refractivity contribution in [2.45, 2.75) is 51.4 Å². The van der Waals surface area contributed by atoms with Crippen LogP contribution in [0.25, 0.3) is 6.08 Å². The summed E-state index contributed by atoms with van der Waals surface area (Å²) in [6.07, 6.45) is 0.429. The molecular weight excluding hydrogens is 350 g/mol. The number of cyclic esters (lactones) is 1. The summed E-state index contributed by atoms with van der Waals surface area (Å²) in [4.78, 5) is 24.7. The summed E-state index contributed by atoms with van der Waals surface area (Å²) < 4.78 is 5.50. The number of esters is 1. The molecule has 1 aromatic rings. The number of rotatable bonds is 1. The Bertz CT molecular complexity index is 729. The fourth-order valence-corrected chi connectivity index (χ4v) is 2.92. The topological polar surface area (TPSA) is 116 Å². The number of carbonyl (C=O) groups is 2. The molecule has 0 unspecified atom stereocenters. The number of aromatic hydroxyl groups is 1. The lowest BCUT2D eigenvalue weighted by molar-refractivity contribution is -0.133. The highest BCUT2D eigenvalue weighted by atomic mass is 16.5. The molecule has 1 heterocycles. The molecule has 0 fully saturated rings. The van der Waals surface area contributed by atoms with E-state index < -0.39 is 30.1 Å². The molecule has 0 aromatic heterocycles. The zero-order chi connectivity index (χ0) is 20.1. The van der Waals surface area contributed by atoms with Crippen LogP contribution >= 0.6 is 0 Å². The minimum atomic E-state index is -1.46. The largest absolute Gasteiger partial charge is 0.507 e. The van der Waals surface area contributed by atoms with Crippen molar-refractivity contribution in [1.82, 2.24) is 0 Å². The van der Waals surface area contributed by atoms with Crippen LogP contribution in [-0.4, -0.2) is 52.4 Å². The highest BCUT2D eigenvalue weighted by molar-refractivity contribution is 5.97. The predicted molar refractivity (Wildman–Crippen MR) is 102 cm³/mol. The number of Topliss-reactive ketones (excluding diaryl/α,β-unsaturated/α-hetero) is 1. The van der Waals surface area contributed by atoms with Crippen LogP contribution in [0.4, 0.5) is 5.69 Å². The first-order valence-corrected chi connectivity index (χ1v) is 9.05. The molecule has 1 aliphatic rings. The van der Waals surface area contributed by atoms with Gasteiger partial charge in [0.1, 0.15) is 23.5 Å². The number of carbonyl (C=O) groups excluding carboxylic acids is 2. The summed E-state index contributed by atoms with van der Waals surface area (Å²) >= 11 is 0. The fourth-order valence-electron chi connectivity index (χ4n) is 2.92. The summed E-state index contributed by atoms with van der Waals surface area (Å²) in [7, 11) is 1.68. The van der Waals surface area contributed by atoms with E-state index in [1.165, 1.54) is 6.07 Å². The number of nitrogens with one attached hydrogen (secondary N) is 1. The lowest BCUT2D eigenvalue weighted by atomic mass is 9.94. The van der Waals surface area contributed by atoms with E-state index in [9.17, 15) is 24.9 Å². The van der Waals surface area contributed by atoms with Crippen LogP contribution in [0.2, 0.25) is 0 Å². The number of aliphatic hydroxyl groups excluding tert-OH is 2. The molecular formula is C20H27NO6. The van der Waals surface area contributed by atoms with Crippen LogP contribution in [0.15, 0.2) is 18.2 Å². The average Bonchev–Trinajstić information content (AvgIpc) is 2.63. The van der Waals surface area contributed by atoms with Gasteiger partial charge in [-0.25, -0.2) is 4.79 Å². The van der Waals surface area contributed by atoms with Gasteiger partial charge in [0.05, 0.1) is 6.10 Å². The van der Waals surface area contributed by atoms with E-state index in [0.717, 1.165) is 0 Å². The van der Waals surface area contributed by atoms with Crippen molar-refractivity contribution in [3.63, 3.8) is 0 Å². The molecule has 27 heavy (non-hydrogen) atoms. The van der Waals surface area contributed by atoms with E-state index in [1.54, 1.807) is 32.2 Å². The van der Waals surface area contributed by atoms with Gasteiger partial charge in [-0.05, 0) is 37.3 Å². The van der Waals surface area contributed by atoms with Crippen molar-refractivity contribution in [3.05, 3.63) is 29.3 Å². The number of anilines is 1. The van der Waals surface area contributed by atoms with Crippen molar-refractivity contribution >= 4 is 23.5 Å². The van der Waals surface area contributed by atoms with Crippen molar-refractivity contribution in [2.24, 2.45) is 5.92 Å². The number of aliphatic hydroxyl groups is 2. The molecule has 0 radical (unpaired) electrons. The smallest absolute Gasteiger partial charge is 0.342 e. The SMILES string of the molecule is CNc1cc(O)c2c(c1)/C=C/C[C@H](O)[C@H](O)C(=O)CC[C@@H](C)[C@H](C)OC2=O. The minimum Gasteiger partial charge on any atom is -0.507 e. The maximum atomic E-state index is 12.6. The standard InChI is InChI=1S/C20H27NO6/c1-11-7-8-16(23)19(25)15(22)6-4-5-13-9-14(21-3)10-17(24)18(13)20(26)27-12(11)2/h4-5,9-12,15,19,21-22,24-25H,6-8H2,1-3H3/b5-4+/t11-,12+,15+,19+/m1/s1. The van der Waals surface area contributed by atoms with Gasteiger partial charge in [-0.1, -0.05) is 19.1 Å². The van der Waals surface area contributed by atoms with E-state index in [4.69, 9.17) is 4.74 Å². The molecule has 0 saturated carbocycles. The summed E-state index contributed by atoms with van der Waals surface area (Å²) in [6, 6.07) is 3.10. The molecule has 2 rings (SSSR count). The molecule has 7 nitrogen and oxygen atoms in total. The van der Waals surface area contributed by atoms with Gasteiger partial charge in [-0.3, -0.25) is 4.79 Å². The van der Waals surface area contributed by atoms with Crippen LogP contribution in [0.5, 0.6) is 5.75 Å². The van der Waals surface area contributed by atoms with Crippen LogP contribution in [0.3, 0.4) is 0 Å². The van der Waals surface area contributed by atoms with Gasteiger partial charge in [0.2, 0.25) is 0 Å². The van der Waals surface area contributed by atoms with Crippen molar-refractivity contribution < 1.29 is 29.6 Å². The average molecular weight is 377 g/mol. The number of benzene rings is 1. The van der Waals surface area contributed by atoms with E-state index in [2.05, 4.69) is 5.32 Å². The monoisotopic (exact) mass is 377 g/mol. The van der Waals surface area contributed by atoms with Crippen LogP contribution in [0.1, 0.15) is 49.0 Å². The van der Waals surface area contributed by atoms with Gasteiger partial charge in [0.15, 0.2) is 5.78 Å². The lowest BCUT2D eigenvalue weighted by Crippen LogP contribution is -2.34. The number of ether oxygens (including phenoxy) is 1. The Morgan fingerprint density at radius 1 is 1.19 bits per heavy atom. The lowest BCUT2D eigenvalue weighted by Gasteiger charge is -2.23. The van der Waals surface area contributed by atoms with E-state index >= 15 is 0 Å². The molecule has 0 amide bonds. The van der Waals surface area contributed by atoms with Gasteiger partial charge in [0.25, 0.3) is 0 Å². The Balaban J connectivity index is 2.45. The van der Waals surface area contributed by atoms with Crippen LogP contribution in [0, 0.1) is 5.92 Å². The van der Waals surface area contributed by atoms with Crippen molar-refractivity contribution in [3.8, 4) is 5.75 Å². The minimum absolute atomic E-state index is 0.0257. The molecule has 0 spiro atoms. The Hall–Kier alpha value is -2.38. The second kappa shape index (κ2) is 9.01. The Morgan fingerprint density at radius 2 is 1.89 bits per heavy atom. The predicted octanol–water partition coefficient (Wildman–Crippen LogP) is 2.10. The molecule has 0 aliphatic carbocycles. The van der Waals surface area contributed by atoms with Gasteiger partial charge >= 0.3 is 5.97 Å². The number of phenolic OH excluding ortho intramolecular Hbond substituents is 1. The third-order valence-corrected chi connectivity index (χ3v) is 4.95. The van der Waals surface area contributed by atoms with Crippen LogP contribution in [-0.2, 0) is 9.53 Å². The summed E-state index contributed by atoms with van der Waals surface area (Å²) in [5, 5.41) is 33.3. The van der Waals surface area contributed by atoms with Gasteiger partial charge < -0.3 is 25.4 Å². The summed E-state index contributed by atoms with van der Waals surface area (Å²) in [5.41, 5.74) is 1.05. The van der Waals surface area contributed by atoms with Gasteiger partial charge in [-0.2, -0.15) is 0 Å².